The monoisotopic (exact) mass is 299 g/mol. The molecule has 2 amide bonds. The first kappa shape index (κ1) is 15.1. The predicted octanol–water partition coefficient (Wildman–Crippen LogP) is 2.06. The van der Waals surface area contributed by atoms with Crippen LogP contribution in [0, 0.1) is 11.8 Å². The van der Waals surface area contributed by atoms with Crippen molar-refractivity contribution in [2.24, 2.45) is 5.73 Å². The second-order valence-corrected chi connectivity index (χ2v) is 5.29. The minimum Gasteiger partial charge on any atom is -0.334 e. The van der Waals surface area contributed by atoms with Crippen molar-refractivity contribution in [1.82, 2.24) is 10.6 Å². The predicted molar refractivity (Wildman–Crippen MR) is 85.8 cm³/mol. The summed E-state index contributed by atoms with van der Waals surface area (Å²) in [5, 5.41) is 7.61. The van der Waals surface area contributed by atoms with Gasteiger partial charge in [-0.05, 0) is 17.0 Å². The van der Waals surface area contributed by atoms with Crippen molar-refractivity contribution in [1.29, 1.82) is 0 Å². The topological polar surface area (TPSA) is 67.1 Å². The van der Waals surface area contributed by atoms with Crippen LogP contribution in [0.3, 0.4) is 0 Å². The van der Waals surface area contributed by atoms with Crippen molar-refractivity contribution in [2.75, 3.05) is 6.54 Å². The van der Waals surface area contributed by atoms with Gasteiger partial charge >= 0.3 is 6.03 Å². The Balaban J connectivity index is 1.80. The van der Waals surface area contributed by atoms with E-state index in [1.165, 1.54) is 0 Å². The maximum atomic E-state index is 11.8. The molecule has 0 radical (unpaired) electrons. The standard InChI is InChI=1S/C16H17N3OS/c17-9-4-7-14-8-10-21-15(14)12-19-16(20)18-11-13-5-2-1-3-6-13/h1-3,5-6,8,10H,9,11-12,17H2,(H2,18,19,20). The van der Waals surface area contributed by atoms with Crippen molar-refractivity contribution in [3.05, 3.63) is 57.8 Å². The van der Waals surface area contributed by atoms with E-state index in [4.69, 9.17) is 5.73 Å². The quantitative estimate of drug-likeness (QED) is 0.757. The summed E-state index contributed by atoms with van der Waals surface area (Å²) in [7, 11) is 0. The molecule has 4 nitrogen and oxygen atoms in total. The van der Waals surface area contributed by atoms with E-state index in [2.05, 4.69) is 22.5 Å². The number of carbonyl (C=O) groups is 1. The zero-order chi connectivity index (χ0) is 14.9. The van der Waals surface area contributed by atoms with Gasteiger partial charge in [-0.25, -0.2) is 4.79 Å². The number of nitrogens with one attached hydrogen (secondary N) is 2. The summed E-state index contributed by atoms with van der Waals surface area (Å²) < 4.78 is 0. The van der Waals surface area contributed by atoms with E-state index in [1.807, 2.05) is 41.8 Å². The summed E-state index contributed by atoms with van der Waals surface area (Å²) in [4.78, 5) is 12.8. The molecule has 2 aromatic rings. The van der Waals surface area contributed by atoms with Crippen LogP contribution in [0.15, 0.2) is 41.8 Å². The van der Waals surface area contributed by atoms with E-state index in [-0.39, 0.29) is 6.03 Å². The Morgan fingerprint density at radius 1 is 1.14 bits per heavy atom. The molecule has 1 aromatic carbocycles. The van der Waals surface area contributed by atoms with Crippen LogP contribution in [0.5, 0.6) is 0 Å². The number of urea groups is 1. The van der Waals surface area contributed by atoms with Gasteiger partial charge in [0.05, 0.1) is 13.1 Å². The van der Waals surface area contributed by atoms with Gasteiger partial charge in [0.2, 0.25) is 0 Å². The lowest BCUT2D eigenvalue weighted by Crippen LogP contribution is -2.34. The molecule has 5 heteroatoms. The van der Waals surface area contributed by atoms with Crippen LogP contribution in [-0.4, -0.2) is 12.6 Å². The average molecular weight is 299 g/mol. The maximum Gasteiger partial charge on any atom is 0.315 e. The number of carbonyl (C=O) groups excluding carboxylic acids is 1. The summed E-state index contributed by atoms with van der Waals surface area (Å²) in [6.45, 7) is 1.31. The Morgan fingerprint density at radius 2 is 1.90 bits per heavy atom. The normalized spacial score (nSPS) is 9.57. The molecule has 1 aromatic heterocycles. The van der Waals surface area contributed by atoms with Crippen molar-refractivity contribution in [3.8, 4) is 11.8 Å². The first-order valence-electron chi connectivity index (χ1n) is 6.60. The zero-order valence-corrected chi connectivity index (χ0v) is 12.4. The number of rotatable bonds is 4. The summed E-state index contributed by atoms with van der Waals surface area (Å²) >= 11 is 1.57. The summed E-state index contributed by atoms with van der Waals surface area (Å²) in [6, 6.07) is 11.5. The Morgan fingerprint density at radius 3 is 2.67 bits per heavy atom. The van der Waals surface area contributed by atoms with Crippen LogP contribution in [0.25, 0.3) is 0 Å². The lowest BCUT2D eigenvalue weighted by molar-refractivity contribution is 0.240. The molecule has 0 aliphatic heterocycles. The van der Waals surface area contributed by atoms with Crippen LogP contribution >= 0.6 is 11.3 Å². The van der Waals surface area contributed by atoms with Crippen molar-refractivity contribution in [3.63, 3.8) is 0 Å². The van der Waals surface area contributed by atoms with Gasteiger partial charge in [-0.1, -0.05) is 42.2 Å². The third kappa shape index (κ3) is 4.95. The van der Waals surface area contributed by atoms with Gasteiger partial charge in [0.1, 0.15) is 0 Å². The minimum atomic E-state index is -0.190. The molecule has 1 heterocycles. The average Bonchev–Trinajstić information content (AvgIpc) is 2.97. The third-order valence-corrected chi connectivity index (χ3v) is 3.70. The van der Waals surface area contributed by atoms with Gasteiger partial charge in [0.15, 0.2) is 0 Å². The van der Waals surface area contributed by atoms with Crippen LogP contribution in [0.2, 0.25) is 0 Å². The van der Waals surface area contributed by atoms with E-state index in [1.54, 1.807) is 11.3 Å². The fourth-order valence-corrected chi connectivity index (χ4v) is 2.51. The van der Waals surface area contributed by atoms with Gasteiger partial charge in [0.25, 0.3) is 0 Å². The highest BCUT2D eigenvalue weighted by atomic mass is 32.1. The molecule has 21 heavy (non-hydrogen) atoms. The summed E-state index contributed by atoms with van der Waals surface area (Å²) in [5.74, 6) is 5.82. The van der Waals surface area contributed by atoms with E-state index >= 15 is 0 Å². The number of hydrogen-bond acceptors (Lipinski definition) is 3. The summed E-state index contributed by atoms with van der Waals surface area (Å²) in [5.41, 5.74) is 7.35. The highest BCUT2D eigenvalue weighted by Crippen LogP contribution is 2.15. The SMILES string of the molecule is NCC#Cc1ccsc1CNC(=O)NCc1ccccc1. The van der Waals surface area contributed by atoms with Gasteiger partial charge < -0.3 is 16.4 Å². The molecule has 4 N–H and O–H groups in total. The van der Waals surface area contributed by atoms with Crippen LogP contribution < -0.4 is 16.4 Å². The lowest BCUT2D eigenvalue weighted by atomic mass is 10.2. The van der Waals surface area contributed by atoms with Crippen molar-refractivity contribution < 1.29 is 4.79 Å². The summed E-state index contributed by atoms with van der Waals surface area (Å²) in [6.07, 6.45) is 0. The fraction of sp³-hybridized carbons (Fsp3) is 0.188. The molecular formula is C16H17N3OS. The van der Waals surface area contributed by atoms with E-state index in [9.17, 15) is 4.79 Å². The first-order chi connectivity index (χ1) is 10.3. The highest BCUT2D eigenvalue weighted by Gasteiger charge is 2.04. The Labute approximate surface area is 128 Å². The molecule has 0 aliphatic carbocycles. The van der Waals surface area contributed by atoms with Crippen molar-refractivity contribution in [2.45, 2.75) is 13.1 Å². The Hall–Kier alpha value is -2.29. The van der Waals surface area contributed by atoms with E-state index < -0.39 is 0 Å². The third-order valence-electron chi connectivity index (χ3n) is 2.78. The second kappa shape index (κ2) is 8.10. The second-order valence-electron chi connectivity index (χ2n) is 4.29. The molecule has 2 rings (SSSR count). The van der Waals surface area contributed by atoms with E-state index in [0.29, 0.717) is 19.6 Å². The van der Waals surface area contributed by atoms with E-state index in [0.717, 1.165) is 16.0 Å². The molecule has 0 saturated heterocycles. The molecule has 0 fully saturated rings. The largest absolute Gasteiger partial charge is 0.334 e. The first-order valence-corrected chi connectivity index (χ1v) is 7.48. The molecule has 0 unspecified atom stereocenters. The van der Waals surface area contributed by atoms with Crippen LogP contribution in [0.1, 0.15) is 16.0 Å². The number of nitrogens with two attached hydrogens (primary N) is 1. The van der Waals surface area contributed by atoms with Crippen LogP contribution in [0.4, 0.5) is 4.79 Å². The minimum absolute atomic E-state index is 0.190. The molecule has 0 atom stereocenters. The molecular weight excluding hydrogens is 282 g/mol. The molecule has 0 spiro atoms. The highest BCUT2D eigenvalue weighted by molar-refractivity contribution is 7.10. The molecule has 0 saturated carbocycles. The van der Waals surface area contributed by atoms with Crippen LogP contribution in [-0.2, 0) is 13.1 Å². The Kier molecular flexibility index (Phi) is 5.83. The molecule has 108 valence electrons. The van der Waals surface area contributed by atoms with Gasteiger partial charge in [-0.15, -0.1) is 11.3 Å². The van der Waals surface area contributed by atoms with Crippen molar-refractivity contribution >= 4 is 17.4 Å². The smallest absolute Gasteiger partial charge is 0.315 e. The fourth-order valence-electron chi connectivity index (χ4n) is 1.74. The van der Waals surface area contributed by atoms with Gasteiger partial charge in [0, 0.05) is 17.0 Å². The zero-order valence-electron chi connectivity index (χ0n) is 11.6. The number of hydrogen-bond donors (Lipinski definition) is 3. The number of thiophene rings is 1. The number of benzene rings is 1. The maximum absolute atomic E-state index is 11.8. The van der Waals surface area contributed by atoms with Gasteiger partial charge in [-0.2, -0.15) is 0 Å². The molecule has 0 bridgehead atoms. The molecule has 0 aliphatic rings. The Bertz CT molecular complexity index is 640. The van der Waals surface area contributed by atoms with Gasteiger partial charge in [-0.3, -0.25) is 0 Å². The lowest BCUT2D eigenvalue weighted by Gasteiger charge is -2.07. The number of amides is 2.